The summed E-state index contributed by atoms with van der Waals surface area (Å²) < 4.78 is 4.80. The summed E-state index contributed by atoms with van der Waals surface area (Å²) in [4.78, 5) is 17.6. The van der Waals surface area contributed by atoms with E-state index in [-0.39, 0.29) is 6.79 Å². The van der Waals surface area contributed by atoms with Gasteiger partial charge >= 0.3 is 5.97 Å². The Kier molecular flexibility index (Phi) is 6.21. The maximum absolute atomic E-state index is 11.5. The summed E-state index contributed by atoms with van der Waals surface area (Å²) >= 11 is 0. The van der Waals surface area contributed by atoms with E-state index in [1.807, 2.05) is 13.8 Å². The quantitative estimate of drug-likeness (QED) is 0.190. The monoisotopic (exact) mass is 265 g/mol. The van der Waals surface area contributed by atoms with Gasteiger partial charge in [0, 0.05) is 13.1 Å². The van der Waals surface area contributed by atoms with Crippen LogP contribution >= 0.6 is 0 Å². The minimum atomic E-state index is -0.522. The molecule has 0 N–H and O–H groups in total. The van der Waals surface area contributed by atoms with Gasteiger partial charge in [-0.1, -0.05) is 23.4 Å². The normalized spacial score (nSPS) is 10.9. The van der Waals surface area contributed by atoms with E-state index in [1.165, 1.54) is 4.90 Å². The largest absolute Gasteiger partial charge is 0.844 e. The Labute approximate surface area is 112 Å². The number of nitrogens with zero attached hydrogens (tertiary/aromatic N) is 2. The maximum atomic E-state index is 11.5. The molecular formula is C13H17N2O4-. The van der Waals surface area contributed by atoms with Gasteiger partial charge in [0.1, 0.15) is 0 Å². The molecule has 6 heteroatoms. The highest BCUT2D eigenvalue weighted by Gasteiger charge is 2.05. The number of hydrogen-bond donors (Lipinski definition) is 0. The third-order valence-corrected chi connectivity index (χ3v) is 2.43. The predicted molar refractivity (Wildman–Crippen MR) is 68.2 cm³/mol. The molecule has 1 aromatic carbocycles. The molecule has 0 aliphatic carbocycles. The molecule has 19 heavy (non-hydrogen) atoms. The van der Waals surface area contributed by atoms with Gasteiger partial charge in [-0.05, 0) is 26.0 Å². The fraction of sp³-hybridized carbons (Fsp3) is 0.385. The molecule has 0 saturated heterocycles. The Morgan fingerprint density at radius 3 is 2.47 bits per heavy atom. The van der Waals surface area contributed by atoms with Crippen LogP contribution in [0.4, 0.5) is 0 Å². The molecule has 1 aromatic rings. The van der Waals surface area contributed by atoms with Crippen molar-refractivity contribution in [1.82, 2.24) is 4.90 Å². The van der Waals surface area contributed by atoms with Crippen LogP contribution in [0, 0.1) is 0 Å². The van der Waals surface area contributed by atoms with Crippen LogP contribution in [-0.2, 0) is 9.57 Å². The average molecular weight is 265 g/mol. The summed E-state index contributed by atoms with van der Waals surface area (Å²) in [6, 6.07) is 8.02. The molecule has 0 radical (unpaired) electrons. The summed E-state index contributed by atoms with van der Waals surface area (Å²) in [6.07, 6.45) is 0. The van der Waals surface area contributed by atoms with Crippen molar-refractivity contribution >= 4 is 12.0 Å². The first-order valence-corrected chi connectivity index (χ1v) is 6.03. The third-order valence-electron chi connectivity index (χ3n) is 2.43. The lowest BCUT2D eigenvalue weighted by molar-refractivity contribution is -0.241. The number of amidine groups is 1. The number of carbonyl (C=O) groups is 1. The van der Waals surface area contributed by atoms with Gasteiger partial charge in [-0.2, -0.15) is 0 Å². The summed E-state index contributed by atoms with van der Waals surface area (Å²) in [5.41, 5.74) is 0.418. The van der Waals surface area contributed by atoms with Gasteiger partial charge in [0.2, 0.25) is 0 Å². The lowest BCUT2D eigenvalue weighted by Crippen LogP contribution is -2.39. The second-order valence-corrected chi connectivity index (χ2v) is 3.59. The number of esters is 1. The second-order valence-electron chi connectivity index (χ2n) is 3.59. The van der Waals surface area contributed by atoms with Crippen LogP contribution in [0.3, 0.4) is 0 Å². The first-order valence-electron chi connectivity index (χ1n) is 6.03. The topological polar surface area (TPSA) is 74.2 Å². The summed E-state index contributed by atoms with van der Waals surface area (Å²) in [5, 5.41) is 14.8. The second kappa shape index (κ2) is 7.97. The lowest BCUT2D eigenvalue weighted by Gasteiger charge is -2.25. The number of hydrogen-bond acceptors (Lipinski definition) is 5. The molecule has 0 atom stereocenters. The van der Waals surface area contributed by atoms with Crippen molar-refractivity contribution in [3.63, 3.8) is 0 Å². The first-order chi connectivity index (χ1) is 9.19. The van der Waals surface area contributed by atoms with Gasteiger partial charge in [-0.25, -0.2) is 4.79 Å². The number of oxime groups is 1. The molecule has 0 fully saturated rings. The zero-order valence-electron chi connectivity index (χ0n) is 11.0. The molecule has 0 aliphatic rings. The van der Waals surface area contributed by atoms with Crippen molar-refractivity contribution in [2.75, 3.05) is 19.9 Å². The van der Waals surface area contributed by atoms with Crippen LogP contribution < -0.4 is 5.11 Å². The van der Waals surface area contributed by atoms with E-state index in [2.05, 4.69) is 9.99 Å². The molecule has 0 aliphatic heterocycles. The van der Waals surface area contributed by atoms with Gasteiger partial charge < -0.3 is 19.6 Å². The van der Waals surface area contributed by atoms with E-state index in [4.69, 9.17) is 4.74 Å². The minimum Gasteiger partial charge on any atom is -0.844 e. The summed E-state index contributed by atoms with van der Waals surface area (Å²) in [7, 11) is 0. The minimum absolute atomic E-state index is 0.388. The number of rotatable bonds is 6. The van der Waals surface area contributed by atoms with E-state index in [1.54, 1.807) is 30.3 Å². The van der Waals surface area contributed by atoms with E-state index in [9.17, 15) is 9.90 Å². The lowest BCUT2D eigenvalue weighted by atomic mass is 10.2. The van der Waals surface area contributed by atoms with Gasteiger partial charge in [0.15, 0.2) is 0 Å². The Bertz CT molecular complexity index is 416. The Hall–Kier alpha value is -2.24. The molecule has 0 unspecified atom stereocenters. The SMILES string of the molecule is CCN(CC)/C([O-])=N/OCOC(=O)c1ccccc1. The average Bonchev–Trinajstić information content (AvgIpc) is 2.45. The Morgan fingerprint density at radius 1 is 1.26 bits per heavy atom. The van der Waals surface area contributed by atoms with Crippen molar-refractivity contribution in [3.8, 4) is 0 Å². The van der Waals surface area contributed by atoms with Crippen LogP contribution in [0.15, 0.2) is 35.5 Å². The molecule has 0 heterocycles. The van der Waals surface area contributed by atoms with Crippen LogP contribution in [0.25, 0.3) is 0 Å². The van der Waals surface area contributed by atoms with Gasteiger partial charge in [0.05, 0.1) is 11.6 Å². The van der Waals surface area contributed by atoms with Gasteiger partial charge in [-0.15, -0.1) is 0 Å². The van der Waals surface area contributed by atoms with Crippen LogP contribution in [0.2, 0.25) is 0 Å². The molecule has 104 valence electrons. The fourth-order valence-electron chi connectivity index (χ4n) is 1.37. The summed E-state index contributed by atoms with van der Waals surface area (Å²) in [6.45, 7) is 4.39. The molecule has 0 saturated carbocycles. The number of ether oxygens (including phenoxy) is 1. The zero-order valence-corrected chi connectivity index (χ0v) is 11.0. The number of carbonyl (C=O) groups excluding carboxylic acids is 1. The van der Waals surface area contributed by atoms with Crippen LogP contribution in [0.5, 0.6) is 0 Å². The van der Waals surface area contributed by atoms with Crippen molar-refractivity contribution in [2.45, 2.75) is 13.8 Å². The van der Waals surface area contributed by atoms with Crippen molar-refractivity contribution in [3.05, 3.63) is 35.9 Å². The highest BCUT2D eigenvalue weighted by atomic mass is 16.8. The fourth-order valence-corrected chi connectivity index (χ4v) is 1.37. The van der Waals surface area contributed by atoms with Crippen molar-refractivity contribution in [1.29, 1.82) is 0 Å². The smallest absolute Gasteiger partial charge is 0.341 e. The highest BCUT2D eigenvalue weighted by molar-refractivity contribution is 5.89. The number of benzene rings is 1. The molecule has 1 rings (SSSR count). The molecule has 0 amide bonds. The third kappa shape index (κ3) is 4.87. The van der Waals surface area contributed by atoms with Gasteiger partial charge in [0.25, 0.3) is 6.79 Å². The van der Waals surface area contributed by atoms with E-state index < -0.39 is 12.0 Å². The molecule has 0 bridgehead atoms. The van der Waals surface area contributed by atoms with Crippen LogP contribution in [0.1, 0.15) is 24.2 Å². The Balaban J connectivity index is 2.35. The standard InChI is InChI=1S/C13H18N2O4/c1-3-15(4-2)13(17)14-19-10-18-12(16)11-8-6-5-7-9-11/h5-9H,3-4,10H2,1-2H3,(H,14,17)/p-1. The summed E-state index contributed by atoms with van der Waals surface area (Å²) in [5.74, 6) is -0.522. The van der Waals surface area contributed by atoms with Gasteiger partial charge in [-0.3, -0.25) is 0 Å². The van der Waals surface area contributed by atoms with E-state index in [0.29, 0.717) is 18.7 Å². The van der Waals surface area contributed by atoms with E-state index >= 15 is 0 Å². The predicted octanol–water partition coefficient (Wildman–Crippen LogP) is 0.791. The first kappa shape index (κ1) is 14.8. The molecule has 6 nitrogen and oxygen atoms in total. The van der Waals surface area contributed by atoms with Crippen LogP contribution in [-0.4, -0.2) is 36.8 Å². The molecule has 0 spiro atoms. The molecule has 0 aromatic heterocycles. The highest BCUT2D eigenvalue weighted by Crippen LogP contribution is 2.00. The van der Waals surface area contributed by atoms with E-state index in [0.717, 1.165) is 0 Å². The maximum Gasteiger partial charge on any atom is 0.341 e. The Morgan fingerprint density at radius 2 is 1.89 bits per heavy atom. The van der Waals surface area contributed by atoms with Crippen molar-refractivity contribution in [2.24, 2.45) is 5.16 Å². The van der Waals surface area contributed by atoms with Crippen molar-refractivity contribution < 1.29 is 19.5 Å². The zero-order chi connectivity index (χ0) is 14.1. The molecular weight excluding hydrogens is 248 g/mol.